The topological polar surface area (TPSA) is 72.0 Å². The average Bonchev–Trinajstić information content (AvgIpc) is 2.53. The molecule has 0 spiro atoms. The van der Waals surface area contributed by atoms with Crippen molar-refractivity contribution >= 4 is 17.6 Å². The maximum atomic E-state index is 5.41. The Morgan fingerprint density at radius 1 is 0.955 bits per heavy atom. The summed E-state index contributed by atoms with van der Waals surface area (Å²) < 4.78 is 5.41. The molecule has 118 valence electrons. The molecule has 6 heteroatoms. The Kier molecular flexibility index (Phi) is 6.41. The number of anilines is 3. The number of nitrogens with one attached hydrogen (secondary N) is 2. The molecule has 0 amide bonds. The summed E-state index contributed by atoms with van der Waals surface area (Å²) in [5.41, 5.74) is 0.924. The lowest BCUT2D eigenvalue weighted by Crippen LogP contribution is -2.10. The maximum absolute atomic E-state index is 5.41. The van der Waals surface area contributed by atoms with E-state index in [-0.39, 0.29) is 0 Å². The normalized spacial score (nSPS) is 10.3. The van der Waals surface area contributed by atoms with Crippen molar-refractivity contribution in [1.29, 1.82) is 0 Å². The van der Waals surface area contributed by atoms with Crippen molar-refractivity contribution in [2.45, 2.75) is 33.1 Å². The van der Waals surface area contributed by atoms with Crippen molar-refractivity contribution in [2.24, 2.45) is 0 Å². The second kappa shape index (κ2) is 8.81. The zero-order valence-electron chi connectivity index (χ0n) is 13.2. The highest BCUT2D eigenvalue weighted by atomic mass is 16.5. The van der Waals surface area contributed by atoms with Gasteiger partial charge in [0, 0.05) is 12.2 Å². The van der Waals surface area contributed by atoms with Crippen molar-refractivity contribution in [2.75, 3.05) is 23.8 Å². The van der Waals surface area contributed by atoms with Crippen molar-refractivity contribution < 1.29 is 4.74 Å². The quantitative estimate of drug-likeness (QED) is 0.689. The van der Waals surface area contributed by atoms with E-state index < -0.39 is 0 Å². The van der Waals surface area contributed by atoms with E-state index in [1.807, 2.05) is 37.3 Å². The highest BCUT2D eigenvalue weighted by Gasteiger charge is 2.07. The van der Waals surface area contributed by atoms with Gasteiger partial charge in [0.2, 0.25) is 11.9 Å². The number of ether oxygens (including phenoxy) is 1. The monoisotopic (exact) mass is 301 g/mol. The van der Waals surface area contributed by atoms with Crippen LogP contribution in [0.4, 0.5) is 17.6 Å². The van der Waals surface area contributed by atoms with Crippen LogP contribution in [0.15, 0.2) is 30.3 Å². The standard InChI is InChI=1S/C16H23N5O/c1-3-5-9-12-17-14-19-15(21-16(20-14)22-4-2)18-13-10-7-6-8-11-13/h6-8,10-11H,3-5,9,12H2,1-2H3,(H2,17,18,19,20,21). The molecule has 2 N–H and O–H groups in total. The molecule has 1 aromatic heterocycles. The van der Waals surface area contributed by atoms with Crippen LogP contribution in [0.25, 0.3) is 0 Å². The number of para-hydroxylation sites is 1. The van der Waals surface area contributed by atoms with E-state index in [1.165, 1.54) is 12.8 Å². The molecule has 1 aromatic carbocycles. The summed E-state index contributed by atoms with van der Waals surface area (Å²) in [4.78, 5) is 12.9. The van der Waals surface area contributed by atoms with E-state index in [2.05, 4.69) is 32.5 Å². The Labute approximate surface area is 131 Å². The molecule has 0 radical (unpaired) electrons. The number of benzene rings is 1. The smallest absolute Gasteiger partial charge is 0.323 e. The molecule has 2 rings (SSSR count). The highest BCUT2D eigenvalue weighted by Crippen LogP contribution is 2.16. The molecule has 0 aliphatic heterocycles. The minimum absolute atomic E-state index is 0.328. The van der Waals surface area contributed by atoms with E-state index >= 15 is 0 Å². The highest BCUT2D eigenvalue weighted by molar-refractivity contribution is 5.53. The summed E-state index contributed by atoms with van der Waals surface area (Å²) in [7, 11) is 0. The third-order valence-electron chi connectivity index (χ3n) is 2.98. The fourth-order valence-electron chi connectivity index (χ4n) is 1.91. The lowest BCUT2D eigenvalue weighted by atomic mass is 10.2. The van der Waals surface area contributed by atoms with Crippen LogP contribution in [0.5, 0.6) is 6.01 Å². The number of rotatable bonds is 9. The van der Waals surface area contributed by atoms with Gasteiger partial charge in [-0.05, 0) is 25.5 Å². The maximum Gasteiger partial charge on any atom is 0.323 e. The van der Waals surface area contributed by atoms with Gasteiger partial charge in [-0.1, -0.05) is 38.0 Å². The zero-order valence-corrected chi connectivity index (χ0v) is 13.2. The molecule has 0 aliphatic carbocycles. The Hall–Kier alpha value is -2.37. The Balaban J connectivity index is 2.08. The summed E-state index contributed by atoms with van der Waals surface area (Å²) in [5, 5.41) is 6.38. The first-order valence-corrected chi connectivity index (χ1v) is 7.76. The summed E-state index contributed by atoms with van der Waals surface area (Å²) >= 11 is 0. The molecule has 6 nitrogen and oxygen atoms in total. The zero-order chi connectivity index (χ0) is 15.6. The first kappa shape index (κ1) is 16.0. The summed E-state index contributed by atoms with van der Waals surface area (Å²) in [5.74, 6) is 1.01. The Bertz CT molecular complexity index is 562. The predicted octanol–water partition coefficient (Wildman–Crippen LogP) is 3.62. The number of hydrogen-bond acceptors (Lipinski definition) is 6. The van der Waals surface area contributed by atoms with Crippen molar-refractivity contribution in [3.63, 3.8) is 0 Å². The van der Waals surface area contributed by atoms with Crippen LogP contribution in [0, 0.1) is 0 Å². The SMILES string of the molecule is CCCCCNc1nc(Nc2ccccc2)nc(OCC)n1. The minimum atomic E-state index is 0.328. The molecule has 0 fully saturated rings. The van der Waals surface area contributed by atoms with Gasteiger partial charge in [-0.3, -0.25) is 0 Å². The van der Waals surface area contributed by atoms with Crippen molar-refractivity contribution in [3.05, 3.63) is 30.3 Å². The average molecular weight is 301 g/mol. The van der Waals surface area contributed by atoms with Crippen LogP contribution in [-0.2, 0) is 0 Å². The molecule has 2 aromatic rings. The van der Waals surface area contributed by atoms with Crippen LogP contribution >= 0.6 is 0 Å². The fourth-order valence-corrected chi connectivity index (χ4v) is 1.91. The molecule has 0 bridgehead atoms. The lowest BCUT2D eigenvalue weighted by molar-refractivity contribution is 0.312. The lowest BCUT2D eigenvalue weighted by Gasteiger charge is -2.10. The van der Waals surface area contributed by atoms with E-state index in [4.69, 9.17) is 4.74 Å². The van der Waals surface area contributed by atoms with Crippen molar-refractivity contribution in [3.8, 4) is 6.01 Å². The first-order valence-electron chi connectivity index (χ1n) is 7.76. The van der Waals surface area contributed by atoms with E-state index in [0.717, 1.165) is 18.7 Å². The third-order valence-corrected chi connectivity index (χ3v) is 2.98. The largest absolute Gasteiger partial charge is 0.464 e. The molecule has 0 saturated carbocycles. The minimum Gasteiger partial charge on any atom is -0.464 e. The molecular formula is C16H23N5O. The number of nitrogens with zero attached hydrogens (tertiary/aromatic N) is 3. The van der Waals surface area contributed by atoms with E-state index in [1.54, 1.807) is 0 Å². The molecular weight excluding hydrogens is 278 g/mol. The number of hydrogen-bond donors (Lipinski definition) is 2. The van der Waals surface area contributed by atoms with Crippen LogP contribution in [0.1, 0.15) is 33.1 Å². The number of unbranched alkanes of at least 4 members (excludes halogenated alkanes) is 2. The van der Waals surface area contributed by atoms with Crippen molar-refractivity contribution in [1.82, 2.24) is 15.0 Å². The summed E-state index contributed by atoms with van der Waals surface area (Å²) in [6.07, 6.45) is 3.46. The van der Waals surface area contributed by atoms with Gasteiger partial charge in [0.05, 0.1) is 6.61 Å². The molecule has 0 unspecified atom stereocenters. The van der Waals surface area contributed by atoms with Gasteiger partial charge in [-0.25, -0.2) is 0 Å². The van der Waals surface area contributed by atoms with Crippen LogP contribution in [-0.4, -0.2) is 28.1 Å². The van der Waals surface area contributed by atoms with E-state index in [0.29, 0.717) is 24.5 Å². The predicted molar refractivity (Wildman–Crippen MR) is 88.7 cm³/mol. The van der Waals surface area contributed by atoms with Crippen LogP contribution < -0.4 is 15.4 Å². The van der Waals surface area contributed by atoms with E-state index in [9.17, 15) is 0 Å². The van der Waals surface area contributed by atoms with Gasteiger partial charge in [0.15, 0.2) is 0 Å². The van der Waals surface area contributed by atoms with Gasteiger partial charge >= 0.3 is 6.01 Å². The molecule has 0 aliphatic rings. The summed E-state index contributed by atoms with van der Waals surface area (Å²) in [6.45, 7) is 5.44. The molecule has 22 heavy (non-hydrogen) atoms. The summed E-state index contributed by atoms with van der Waals surface area (Å²) in [6, 6.07) is 10.1. The van der Waals surface area contributed by atoms with Crippen LogP contribution in [0.3, 0.4) is 0 Å². The Morgan fingerprint density at radius 3 is 2.45 bits per heavy atom. The fraction of sp³-hybridized carbons (Fsp3) is 0.438. The molecule has 1 heterocycles. The molecule has 0 atom stereocenters. The van der Waals surface area contributed by atoms with Crippen LogP contribution in [0.2, 0.25) is 0 Å². The second-order valence-electron chi connectivity index (χ2n) is 4.82. The molecule has 0 saturated heterocycles. The van der Waals surface area contributed by atoms with Gasteiger partial charge < -0.3 is 15.4 Å². The van der Waals surface area contributed by atoms with Gasteiger partial charge in [0.1, 0.15) is 0 Å². The number of aromatic nitrogens is 3. The first-order chi connectivity index (χ1) is 10.8. The third kappa shape index (κ3) is 5.20. The second-order valence-corrected chi connectivity index (χ2v) is 4.82. The van der Waals surface area contributed by atoms with Gasteiger partial charge in [-0.15, -0.1) is 0 Å². The van der Waals surface area contributed by atoms with Gasteiger partial charge in [0.25, 0.3) is 0 Å². The van der Waals surface area contributed by atoms with Gasteiger partial charge in [-0.2, -0.15) is 15.0 Å². The Morgan fingerprint density at radius 2 is 1.73 bits per heavy atom.